The van der Waals surface area contributed by atoms with Crippen molar-refractivity contribution in [3.63, 3.8) is 0 Å². The molecule has 0 aliphatic carbocycles. The fraction of sp³-hybridized carbons (Fsp3) is 0.767. The molecule has 0 N–H and O–H groups in total. The van der Waals surface area contributed by atoms with E-state index in [-0.39, 0.29) is 31.1 Å². The molecule has 0 fully saturated rings. The summed E-state index contributed by atoms with van der Waals surface area (Å²) in [5.41, 5.74) is 0. The Morgan fingerprint density at radius 3 is 0.772 bits per heavy atom. The Kier molecular flexibility index (Phi) is 64.2. The predicted molar refractivity (Wildman–Crippen MR) is 344 cm³/mol. The second-order valence-electron chi connectivity index (χ2n) is 22.7. The molecule has 0 aromatic heterocycles. The van der Waals surface area contributed by atoms with Gasteiger partial charge in [0.2, 0.25) is 0 Å². The van der Waals surface area contributed by atoms with Crippen LogP contribution in [0.2, 0.25) is 0 Å². The average Bonchev–Trinajstić information content (AvgIpc) is 3.45. The van der Waals surface area contributed by atoms with E-state index in [0.717, 1.165) is 109 Å². The van der Waals surface area contributed by atoms with E-state index in [4.69, 9.17) is 14.2 Å². The molecule has 0 spiro atoms. The van der Waals surface area contributed by atoms with Gasteiger partial charge in [-0.05, 0) is 77.0 Å². The standard InChI is InChI=1S/C73H128O6/c1-4-7-10-13-16-18-20-22-24-26-28-30-32-34-35-36-37-39-40-42-44-46-48-50-52-54-57-60-63-66-72(75)78-69-70(68-77-71(74)65-62-59-56-15-12-9-6-3)79-73(76)67-64-61-58-55-53-51-49-47-45-43-41-38-33-31-29-27-25-23-21-19-17-14-11-8-5-2/h7,10,16,18,22,24,28,30,34-35,37,39,42,44,70H,4-6,8-9,11-15,17,19-21,23,25-27,29,31-33,36,38,40-41,43,45-69H2,1-3H3/b10-7-,18-16-,24-22-,30-28-,35-34-,39-37-,44-42-. The summed E-state index contributed by atoms with van der Waals surface area (Å²) < 4.78 is 16.9. The summed E-state index contributed by atoms with van der Waals surface area (Å²) in [5.74, 6) is -0.879. The number of carbonyl (C=O) groups is 3. The van der Waals surface area contributed by atoms with Crippen LogP contribution in [0.15, 0.2) is 85.1 Å². The lowest BCUT2D eigenvalue weighted by Crippen LogP contribution is -2.30. The second kappa shape index (κ2) is 67.1. The Morgan fingerprint density at radius 2 is 0.494 bits per heavy atom. The van der Waals surface area contributed by atoms with Gasteiger partial charge in [-0.15, -0.1) is 0 Å². The molecule has 79 heavy (non-hydrogen) atoms. The van der Waals surface area contributed by atoms with Gasteiger partial charge in [0.15, 0.2) is 6.10 Å². The summed E-state index contributed by atoms with van der Waals surface area (Å²) in [6.07, 6.45) is 89.2. The normalized spacial score (nSPS) is 12.6. The number of hydrogen-bond donors (Lipinski definition) is 0. The topological polar surface area (TPSA) is 78.9 Å². The van der Waals surface area contributed by atoms with Crippen molar-refractivity contribution in [1.82, 2.24) is 0 Å². The van der Waals surface area contributed by atoms with E-state index < -0.39 is 6.10 Å². The molecular formula is C73H128O6. The first-order valence-electron chi connectivity index (χ1n) is 34.1. The Morgan fingerprint density at radius 1 is 0.266 bits per heavy atom. The van der Waals surface area contributed by atoms with Gasteiger partial charge in [-0.3, -0.25) is 14.4 Å². The van der Waals surface area contributed by atoms with Gasteiger partial charge in [0.25, 0.3) is 0 Å². The quantitative estimate of drug-likeness (QED) is 0.0261. The third-order valence-corrected chi connectivity index (χ3v) is 14.9. The van der Waals surface area contributed by atoms with Crippen molar-refractivity contribution in [1.29, 1.82) is 0 Å². The fourth-order valence-corrected chi connectivity index (χ4v) is 9.84. The smallest absolute Gasteiger partial charge is 0.306 e. The Bertz CT molecular complexity index is 1500. The molecule has 0 aromatic rings. The molecule has 456 valence electrons. The molecule has 6 heteroatoms. The van der Waals surface area contributed by atoms with Gasteiger partial charge in [0.05, 0.1) is 0 Å². The highest BCUT2D eigenvalue weighted by Gasteiger charge is 2.19. The lowest BCUT2D eigenvalue weighted by molar-refractivity contribution is -0.167. The van der Waals surface area contributed by atoms with Crippen LogP contribution in [0.4, 0.5) is 0 Å². The van der Waals surface area contributed by atoms with Crippen LogP contribution in [0.25, 0.3) is 0 Å². The zero-order chi connectivity index (χ0) is 57.1. The Labute approximate surface area is 490 Å². The molecule has 0 aliphatic rings. The van der Waals surface area contributed by atoms with Crippen molar-refractivity contribution >= 4 is 17.9 Å². The summed E-state index contributed by atoms with van der Waals surface area (Å²) in [4.78, 5) is 38.1. The van der Waals surface area contributed by atoms with Crippen molar-refractivity contribution < 1.29 is 28.6 Å². The third-order valence-electron chi connectivity index (χ3n) is 14.9. The van der Waals surface area contributed by atoms with Gasteiger partial charge < -0.3 is 14.2 Å². The highest BCUT2D eigenvalue weighted by Crippen LogP contribution is 2.18. The molecule has 0 saturated heterocycles. The molecule has 0 rings (SSSR count). The zero-order valence-corrected chi connectivity index (χ0v) is 52.4. The van der Waals surface area contributed by atoms with Crippen LogP contribution in [0.5, 0.6) is 0 Å². The minimum absolute atomic E-state index is 0.0763. The van der Waals surface area contributed by atoms with Crippen LogP contribution in [-0.4, -0.2) is 37.2 Å². The maximum absolute atomic E-state index is 12.9. The fourth-order valence-electron chi connectivity index (χ4n) is 9.84. The van der Waals surface area contributed by atoms with Crippen LogP contribution in [-0.2, 0) is 28.6 Å². The lowest BCUT2D eigenvalue weighted by Gasteiger charge is -2.18. The van der Waals surface area contributed by atoms with E-state index in [0.29, 0.717) is 19.3 Å². The number of unbranched alkanes of at least 4 members (excludes halogenated alkanes) is 37. The van der Waals surface area contributed by atoms with Crippen LogP contribution in [0, 0.1) is 0 Å². The van der Waals surface area contributed by atoms with Crippen LogP contribution in [0.3, 0.4) is 0 Å². The molecule has 0 bridgehead atoms. The number of rotatable bonds is 62. The molecule has 0 radical (unpaired) electrons. The molecule has 0 saturated carbocycles. The van der Waals surface area contributed by atoms with Crippen molar-refractivity contribution in [2.75, 3.05) is 13.2 Å². The van der Waals surface area contributed by atoms with E-state index in [1.807, 2.05) is 0 Å². The van der Waals surface area contributed by atoms with Crippen molar-refractivity contribution in [3.05, 3.63) is 85.1 Å². The van der Waals surface area contributed by atoms with E-state index in [1.165, 1.54) is 193 Å². The van der Waals surface area contributed by atoms with Crippen molar-refractivity contribution in [2.45, 2.75) is 348 Å². The first-order valence-corrected chi connectivity index (χ1v) is 34.1. The van der Waals surface area contributed by atoms with Crippen LogP contribution >= 0.6 is 0 Å². The largest absolute Gasteiger partial charge is 0.462 e. The van der Waals surface area contributed by atoms with Crippen LogP contribution in [0.1, 0.15) is 342 Å². The molecule has 0 aromatic carbocycles. The van der Waals surface area contributed by atoms with Crippen LogP contribution < -0.4 is 0 Å². The number of ether oxygens (including phenoxy) is 3. The molecule has 1 atom stereocenters. The van der Waals surface area contributed by atoms with E-state index >= 15 is 0 Å². The SMILES string of the molecule is CC/C=C\C/C=C\C/C=C\C/C=C\C/C=C\C/C=C\C/C=C\CCCCCCCCCC(=O)OCC(COC(=O)CCCCCCCCC)OC(=O)CCCCCCCCCCCCCCCCCCCCCCCCCCC. The molecule has 1 unspecified atom stereocenters. The van der Waals surface area contributed by atoms with Gasteiger partial charge in [-0.25, -0.2) is 0 Å². The van der Waals surface area contributed by atoms with E-state index in [2.05, 4.69) is 106 Å². The van der Waals surface area contributed by atoms with Gasteiger partial charge in [0.1, 0.15) is 13.2 Å². The van der Waals surface area contributed by atoms with Crippen molar-refractivity contribution in [3.8, 4) is 0 Å². The predicted octanol–water partition coefficient (Wildman–Crippen LogP) is 23.4. The summed E-state index contributed by atoms with van der Waals surface area (Å²) in [6, 6.07) is 0. The first kappa shape index (κ1) is 75.6. The molecule has 0 amide bonds. The molecular weight excluding hydrogens is 973 g/mol. The maximum atomic E-state index is 12.9. The highest BCUT2D eigenvalue weighted by atomic mass is 16.6. The number of carbonyl (C=O) groups excluding carboxylic acids is 3. The summed E-state index contributed by atoms with van der Waals surface area (Å²) in [6.45, 7) is 6.52. The average molecular weight is 1100 g/mol. The monoisotopic (exact) mass is 1100 g/mol. The van der Waals surface area contributed by atoms with Gasteiger partial charge in [0, 0.05) is 19.3 Å². The zero-order valence-electron chi connectivity index (χ0n) is 52.4. The third kappa shape index (κ3) is 65.3. The van der Waals surface area contributed by atoms with Crippen molar-refractivity contribution in [2.24, 2.45) is 0 Å². The molecule has 0 heterocycles. The first-order chi connectivity index (χ1) is 39.0. The Balaban J connectivity index is 4.12. The highest BCUT2D eigenvalue weighted by molar-refractivity contribution is 5.71. The molecule has 6 nitrogen and oxygen atoms in total. The van der Waals surface area contributed by atoms with Gasteiger partial charge in [-0.1, -0.05) is 331 Å². The van der Waals surface area contributed by atoms with E-state index in [1.54, 1.807) is 0 Å². The minimum atomic E-state index is -0.778. The Hall–Kier alpha value is -3.41. The lowest BCUT2D eigenvalue weighted by atomic mass is 10.0. The number of hydrogen-bond acceptors (Lipinski definition) is 6. The summed E-state index contributed by atoms with van der Waals surface area (Å²) in [7, 11) is 0. The minimum Gasteiger partial charge on any atom is -0.462 e. The van der Waals surface area contributed by atoms with Gasteiger partial charge >= 0.3 is 17.9 Å². The number of esters is 3. The molecule has 0 aliphatic heterocycles. The summed E-state index contributed by atoms with van der Waals surface area (Å²) >= 11 is 0. The summed E-state index contributed by atoms with van der Waals surface area (Å²) in [5, 5.41) is 0. The maximum Gasteiger partial charge on any atom is 0.306 e. The number of allylic oxidation sites excluding steroid dienone is 14. The van der Waals surface area contributed by atoms with Gasteiger partial charge in [-0.2, -0.15) is 0 Å². The van der Waals surface area contributed by atoms with E-state index in [9.17, 15) is 14.4 Å². The second-order valence-corrected chi connectivity index (χ2v) is 22.7.